The molecule has 1 aromatic heterocycles. The van der Waals surface area contributed by atoms with Crippen molar-refractivity contribution in [2.24, 2.45) is 0 Å². The van der Waals surface area contributed by atoms with Crippen molar-refractivity contribution in [3.8, 4) is 11.1 Å². The van der Waals surface area contributed by atoms with Crippen molar-refractivity contribution in [3.63, 3.8) is 0 Å². The molecule has 1 atom stereocenters. The maximum Gasteiger partial charge on any atom is 0.215 e. The Kier molecular flexibility index (Phi) is 7.97. The first kappa shape index (κ1) is 23.3. The Morgan fingerprint density at radius 2 is 2.03 bits per heavy atom. The van der Waals surface area contributed by atoms with Gasteiger partial charge in [-0.1, -0.05) is 35.9 Å². The molecule has 0 aliphatic carbocycles. The molecule has 5 nitrogen and oxygen atoms in total. The molecule has 0 amide bonds. The normalized spacial score (nSPS) is 16.0. The van der Waals surface area contributed by atoms with Gasteiger partial charge in [0.05, 0.1) is 12.2 Å². The van der Waals surface area contributed by atoms with Crippen LogP contribution in [0.2, 0.25) is 5.02 Å². The predicted molar refractivity (Wildman–Crippen MR) is 136 cm³/mol. The van der Waals surface area contributed by atoms with Crippen LogP contribution in [0, 0.1) is 5.41 Å². The standard InChI is InChI=1S/C27H31ClN4O/c1-20-5-3-14-32(20)15-4-16-33-27(29)25-17-22(23-6-2-13-30-19-23)9-12-26(25)31-18-21-7-10-24(28)11-8-21/h2,6-13,17,19-20,29,31H,3-5,14-16,18H2,1H3. The van der Waals surface area contributed by atoms with E-state index < -0.39 is 0 Å². The number of hydrogen-bond donors (Lipinski definition) is 2. The van der Waals surface area contributed by atoms with Gasteiger partial charge >= 0.3 is 0 Å². The summed E-state index contributed by atoms with van der Waals surface area (Å²) in [4.78, 5) is 6.74. The summed E-state index contributed by atoms with van der Waals surface area (Å²) in [5.74, 6) is 0.189. The lowest BCUT2D eigenvalue weighted by Gasteiger charge is -2.21. The number of nitrogens with zero attached hydrogens (tertiary/aromatic N) is 2. The van der Waals surface area contributed by atoms with Crippen molar-refractivity contribution < 1.29 is 4.74 Å². The molecule has 6 heteroatoms. The maximum atomic E-state index is 8.66. The fourth-order valence-electron chi connectivity index (χ4n) is 4.24. The van der Waals surface area contributed by atoms with Gasteiger partial charge in [0.2, 0.25) is 5.90 Å². The number of nitrogens with one attached hydrogen (secondary N) is 2. The van der Waals surface area contributed by atoms with E-state index in [-0.39, 0.29) is 5.90 Å². The van der Waals surface area contributed by atoms with Crippen LogP contribution >= 0.6 is 11.6 Å². The molecule has 1 aliphatic heterocycles. The van der Waals surface area contributed by atoms with Crippen molar-refractivity contribution in [1.29, 1.82) is 5.41 Å². The molecule has 2 N–H and O–H groups in total. The summed E-state index contributed by atoms with van der Waals surface area (Å²) >= 11 is 6.01. The maximum absolute atomic E-state index is 8.66. The summed E-state index contributed by atoms with van der Waals surface area (Å²) in [6.07, 6.45) is 7.07. The van der Waals surface area contributed by atoms with Gasteiger partial charge in [-0.3, -0.25) is 10.4 Å². The van der Waals surface area contributed by atoms with E-state index in [0.29, 0.717) is 19.2 Å². The molecule has 0 spiro atoms. The molecule has 33 heavy (non-hydrogen) atoms. The van der Waals surface area contributed by atoms with Crippen LogP contribution in [0.4, 0.5) is 5.69 Å². The number of halogens is 1. The summed E-state index contributed by atoms with van der Waals surface area (Å²) in [6.45, 7) is 5.65. The first-order valence-corrected chi connectivity index (χ1v) is 12.0. The van der Waals surface area contributed by atoms with Crippen LogP contribution in [-0.4, -0.2) is 41.5 Å². The lowest BCUT2D eigenvalue weighted by Crippen LogP contribution is -2.28. The average Bonchev–Trinajstić information content (AvgIpc) is 3.26. The third-order valence-corrected chi connectivity index (χ3v) is 6.43. The quantitative estimate of drug-likeness (QED) is 0.225. The molecule has 1 saturated heterocycles. The van der Waals surface area contributed by atoms with Crippen molar-refractivity contribution in [2.45, 2.75) is 38.8 Å². The van der Waals surface area contributed by atoms with Crippen molar-refractivity contribution in [1.82, 2.24) is 9.88 Å². The molecule has 0 radical (unpaired) electrons. The molecule has 1 fully saturated rings. The van der Waals surface area contributed by atoms with E-state index in [4.69, 9.17) is 21.7 Å². The van der Waals surface area contributed by atoms with Gasteiger partial charge in [0.25, 0.3) is 0 Å². The molecule has 1 unspecified atom stereocenters. The summed E-state index contributed by atoms with van der Waals surface area (Å²) < 4.78 is 5.91. The molecular weight excluding hydrogens is 432 g/mol. The summed E-state index contributed by atoms with van der Waals surface area (Å²) in [7, 11) is 0. The van der Waals surface area contributed by atoms with E-state index in [1.165, 1.54) is 19.4 Å². The average molecular weight is 463 g/mol. The van der Waals surface area contributed by atoms with Gasteiger partial charge in [-0.25, -0.2) is 0 Å². The van der Waals surface area contributed by atoms with Gasteiger partial charge in [-0.05, 0) is 74.2 Å². The number of pyridine rings is 1. The van der Waals surface area contributed by atoms with Crippen molar-refractivity contribution >= 4 is 23.2 Å². The van der Waals surface area contributed by atoms with Crippen LogP contribution < -0.4 is 5.32 Å². The second-order valence-electron chi connectivity index (χ2n) is 8.54. The highest BCUT2D eigenvalue weighted by molar-refractivity contribution is 6.30. The Morgan fingerprint density at radius 3 is 2.76 bits per heavy atom. The molecule has 0 bridgehead atoms. The van der Waals surface area contributed by atoms with Gasteiger partial charge in [0, 0.05) is 47.8 Å². The SMILES string of the molecule is CC1CCCN1CCCOC(=N)c1cc(-c2cccnc2)ccc1NCc1ccc(Cl)cc1. The zero-order valence-corrected chi connectivity index (χ0v) is 19.8. The topological polar surface area (TPSA) is 61.2 Å². The fourth-order valence-corrected chi connectivity index (χ4v) is 4.37. The van der Waals surface area contributed by atoms with Gasteiger partial charge in [0.15, 0.2) is 0 Å². The molecule has 0 saturated carbocycles. The Bertz CT molecular complexity index is 1060. The van der Waals surface area contributed by atoms with E-state index in [1.54, 1.807) is 6.20 Å². The van der Waals surface area contributed by atoms with Crippen LogP contribution in [0.1, 0.15) is 37.3 Å². The fraction of sp³-hybridized carbons (Fsp3) is 0.333. The van der Waals surface area contributed by atoms with Gasteiger partial charge < -0.3 is 15.0 Å². The van der Waals surface area contributed by atoms with E-state index >= 15 is 0 Å². The minimum atomic E-state index is 0.189. The van der Waals surface area contributed by atoms with Crippen LogP contribution in [0.15, 0.2) is 67.0 Å². The summed E-state index contributed by atoms with van der Waals surface area (Å²) in [5.41, 5.74) is 4.76. The van der Waals surface area contributed by atoms with Crippen molar-refractivity contribution in [3.05, 3.63) is 83.1 Å². The second kappa shape index (κ2) is 11.3. The Balaban J connectivity index is 1.45. The lowest BCUT2D eigenvalue weighted by atomic mass is 10.0. The number of ether oxygens (including phenoxy) is 1. The molecule has 172 valence electrons. The number of rotatable bonds is 9. The summed E-state index contributed by atoms with van der Waals surface area (Å²) in [6, 6.07) is 18.4. The first-order valence-electron chi connectivity index (χ1n) is 11.6. The minimum absolute atomic E-state index is 0.189. The highest BCUT2D eigenvalue weighted by Gasteiger charge is 2.19. The molecule has 2 aromatic carbocycles. The van der Waals surface area contributed by atoms with E-state index in [9.17, 15) is 0 Å². The Labute approximate surface area is 201 Å². The molecular formula is C27H31ClN4O. The van der Waals surface area contributed by atoms with Crippen LogP contribution in [0.25, 0.3) is 11.1 Å². The molecule has 3 aromatic rings. The van der Waals surface area contributed by atoms with Gasteiger partial charge in [-0.2, -0.15) is 0 Å². The third-order valence-electron chi connectivity index (χ3n) is 6.18. The highest BCUT2D eigenvalue weighted by atomic mass is 35.5. The van der Waals surface area contributed by atoms with Gasteiger partial charge in [0.1, 0.15) is 0 Å². The molecule has 1 aliphatic rings. The number of likely N-dealkylation sites (tertiary alicyclic amines) is 1. The van der Waals surface area contributed by atoms with E-state index in [1.807, 2.05) is 60.8 Å². The van der Waals surface area contributed by atoms with Crippen LogP contribution in [0.3, 0.4) is 0 Å². The summed E-state index contributed by atoms with van der Waals surface area (Å²) in [5, 5.41) is 12.8. The van der Waals surface area contributed by atoms with Crippen LogP contribution in [0.5, 0.6) is 0 Å². The largest absolute Gasteiger partial charge is 0.478 e. The van der Waals surface area contributed by atoms with E-state index in [2.05, 4.69) is 22.1 Å². The lowest BCUT2D eigenvalue weighted by molar-refractivity contribution is 0.225. The van der Waals surface area contributed by atoms with Crippen LogP contribution in [-0.2, 0) is 11.3 Å². The number of aromatic nitrogens is 1. The zero-order chi connectivity index (χ0) is 23.0. The predicted octanol–water partition coefficient (Wildman–Crippen LogP) is 6.23. The molecule has 4 rings (SSSR count). The third kappa shape index (κ3) is 6.34. The molecule has 2 heterocycles. The minimum Gasteiger partial charge on any atom is -0.478 e. The monoisotopic (exact) mass is 462 g/mol. The van der Waals surface area contributed by atoms with Crippen molar-refractivity contribution in [2.75, 3.05) is 25.0 Å². The smallest absolute Gasteiger partial charge is 0.215 e. The number of benzene rings is 2. The Hall–Kier alpha value is -2.89. The number of anilines is 1. The zero-order valence-electron chi connectivity index (χ0n) is 19.1. The number of hydrogen-bond acceptors (Lipinski definition) is 5. The van der Waals surface area contributed by atoms with E-state index in [0.717, 1.165) is 45.9 Å². The first-order chi connectivity index (χ1) is 16.1. The highest BCUT2D eigenvalue weighted by Crippen LogP contribution is 2.26. The Morgan fingerprint density at radius 1 is 1.18 bits per heavy atom. The van der Waals surface area contributed by atoms with Gasteiger partial charge in [-0.15, -0.1) is 0 Å². The second-order valence-corrected chi connectivity index (χ2v) is 8.98.